The molecule has 0 radical (unpaired) electrons. The van der Waals surface area contributed by atoms with Gasteiger partial charge in [0.05, 0.1) is 13.0 Å². The van der Waals surface area contributed by atoms with E-state index in [1.807, 2.05) is 31.4 Å². The number of thiophene rings is 1. The third-order valence-corrected chi connectivity index (χ3v) is 6.48. The average molecular weight is 410 g/mol. The standard InChI is InChI=1S/C18H23N3O4S2/c1-10(2)8-25-18(24)15-11(7-19)9-27-17-14(16(23)21(15)17)20-13(22)6-12-4-3-5-26-12/h3-5,10,14,17H,6-9,19H2,1-2H3,(H,20,22)/t14-,17?/m1/s1. The van der Waals surface area contributed by atoms with Gasteiger partial charge in [-0.2, -0.15) is 0 Å². The molecular weight excluding hydrogens is 386 g/mol. The van der Waals surface area contributed by atoms with Gasteiger partial charge in [-0.15, -0.1) is 23.1 Å². The highest BCUT2D eigenvalue weighted by molar-refractivity contribution is 8.00. The molecule has 0 saturated carbocycles. The number of ether oxygens (including phenoxy) is 1. The van der Waals surface area contributed by atoms with E-state index in [1.54, 1.807) is 0 Å². The van der Waals surface area contributed by atoms with E-state index < -0.39 is 12.0 Å². The Morgan fingerprint density at radius 1 is 1.44 bits per heavy atom. The Kier molecular flexibility index (Phi) is 6.23. The van der Waals surface area contributed by atoms with Crippen LogP contribution >= 0.6 is 23.1 Å². The number of thioether (sulfide) groups is 1. The zero-order valence-electron chi connectivity index (χ0n) is 15.3. The molecule has 0 spiro atoms. The average Bonchev–Trinajstić information content (AvgIpc) is 3.15. The molecule has 2 amide bonds. The first kappa shape index (κ1) is 19.9. The quantitative estimate of drug-likeness (QED) is 0.517. The smallest absolute Gasteiger partial charge is 0.355 e. The molecule has 27 heavy (non-hydrogen) atoms. The van der Waals surface area contributed by atoms with Crippen LogP contribution in [0.2, 0.25) is 0 Å². The van der Waals surface area contributed by atoms with Gasteiger partial charge in [-0.1, -0.05) is 19.9 Å². The zero-order valence-corrected chi connectivity index (χ0v) is 16.9. The van der Waals surface area contributed by atoms with E-state index in [1.165, 1.54) is 28.0 Å². The van der Waals surface area contributed by atoms with Crippen molar-refractivity contribution in [3.63, 3.8) is 0 Å². The summed E-state index contributed by atoms with van der Waals surface area (Å²) < 4.78 is 5.32. The SMILES string of the molecule is CC(C)COC(=O)C1=C(CN)CSC2[C@H](NC(=O)Cc3cccs3)C(=O)N12. The molecule has 0 bridgehead atoms. The van der Waals surface area contributed by atoms with Crippen molar-refractivity contribution in [1.82, 2.24) is 10.2 Å². The monoisotopic (exact) mass is 409 g/mol. The van der Waals surface area contributed by atoms with Gasteiger partial charge >= 0.3 is 5.97 Å². The first-order valence-corrected chi connectivity index (χ1v) is 10.7. The van der Waals surface area contributed by atoms with Crippen LogP contribution in [0.1, 0.15) is 18.7 Å². The molecule has 9 heteroatoms. The van der Waals surface area contributed by atoms with Crippen molar-refractivity contribution in [2.75, 3.05) is 18.9 Å². The second-order valence-corrected chi connectivity index (χ2v) is 9.00. The largest absolute Gasteiger partial charge is 0.461 e. The maximum atomic E-state index is 12.7. The Balaban J connectivity index is 1.68. The van der Waals surface area contributed by atoms with E-state index >= 15 is 0 Å². The minimum atomic E-state index is -0.630. The van der Waals surface area contributed by atoms with Gasteiger partial charge in [-0.3, -0.25) is 14.5 Å². The van der Waals surface area contributed by atoms with Gasteiger partial charge in [0.15, 0.2) is 0 Å². The fourth-order valence-corrected chi connectivity index (χ4v) is 5.00. The van der Waals surface area contributed by atoms with Gasteiger partial charge in [0, 0.05) is 17.2 Å². The second-order valence-electron chi connectivity index (χ2n) is 6.86. The molecule has 3 N–H and O–H groups in total. The lowest BCUT2D eigenvalue weighted by Crippen LogP contribution is -2.70. The van der Waals surface area contributed by atoms with Crippen LogP contribution in [-0.2, 0) is 25.5 Å². The molecule has 1 aromatic heterocycles. The van der Waals surface area contributed by atoms with Gasteiger partial charge in [-0.05, 0) is 22.9 Å². The molecule has 3 heterocycles. The Morgan fingerprint density at radius 3 is 2.85 bits per heavy atom. The van der Waals surface area contributed by atoms with E-state index in [-0.39, 0.29) is 48.4 Å². The summed E-state index contributed by atoms with van der Waals surface area (Å²) in [6.07, 6.45) is 0.242. The van der Waals surface area contributed by atoms with E-state index in [0.717, 1.165) is 4.88 Å². The number of rotatable bonds is 7. The number of nitrogens with one attached hydrogen (secondary N) is 1. The summed E-state index contributed by atoms with van der Waals surface area (Å²) in [6.45, 7) is 4.35. The first-order chi connectivity index (χ1) is 12.9. The molecule has 0 aliphatic carbocycles. The van der Waals surface area contributed by atoms with Crippen molar-refractivity contribution >= 4 is 40.9 Å². The summed E-state index contributed by atoms with van der Waals surface area (Å²) in [7, 11) is 0. The number of nitrogens with two attached hydrogens (primary N) is 1. The van der Waals surface area contributed by atoms with Gasteiger partial charge in [0.2, 0.25) is 5.91 Å². The number of nitrogens with zero attached hydrogens (tertiary/aromatic N) is 1. The number of esters is 1. The van der Waals surface area contributed by atoms with Crippen molar-refractivity contribution in [2.24, 2.45) is 11.7 Å². The van der Waals surface area contributed by atoms with Gasteiger partial charge in [-0.25, -0.2) is 4.79 Å². The molecule has 1 aromatic rings. The van der Waals surface area contributed by atoms with Crippen LogP contribution in [0.4, 0.5) is 0 Å². The molecule has 2 aliphatic heterocycles. The van der Waals surface area contributed by atoms with Crippen molar-refractivity contribution in [1.29, 1.82) is 0 Å². The molecular formula is C18H23N3O4S2. The predicted molar refractivity (Wildman–Crippen MR) is 105 cm³/mol. The Bertz CT molecular complexity index is 761. The fourth-order valence-electron chi connectivity index (χ4n) is 2.93. The number of hydrogen-bond acceptors (Lipinski definition) is 7. The van der Waals surface area contributed by atoms with Crippen molar-refractivity contribution in [3.8, 4) is 0 Å². The number of hydrogen-bond donors (Lipinski definition) is 2. The molecule has 1 saturated heterocycles. The molecule has 1 unspecified atom stereocenters. The first-order valence-electron chi connectivity index (χ1n) is 8.78. The summed E-state index contributed by atoms with van der Waals surface area (Å²) in [5, 5.41) is 4.40. The molecule has 2 aliphatic rings. The van der Waals surface area contributed by atoms with Crippen LogP contribution in [0.5, 0.6) is 0 Å². The predicted octanol–water partition coefficient (Wildman–Crippen LogP) is 1.10. The van der Waals surface area contributed by atoms with Crippen LogP contribution in [0.25, 0.3) is 0 Å². The molecule has 0 aromatic carbocycles. The summed E-state index contributed by atoms with van der Waals surface area (Å²) in [5.41, 5.74) is 6.71. The lowest BCUT2D eigenvalue weighted by Gasteiger charge is -2.49. The lowest BCUT2D eigenvalue weighted by atomic mass is 10.0. The van der Waals surface area contributed by atoms with Crippen LogP contribution in [0.15, 0.2) is 28.8 Å². The zero-order chi connectivity index (χ0) is 19.6. The number of carbonyl (C=O) groups excluding carboxylic acids is 3. The van der Waals surface area contributed by atoms with E-state index in [4.69, 9.17) is 10.5 Å². The maximum Gasteiger partial charge on any atom is 0.355 e. The van der Waals surface area contributed by atoms with Gasteiger partial charge in [0.25, 0.3) is 5.91 Å². The Morgan fingerprint density at radius 2 is 2.22 bits per heavy atom. The molecule has 1 fully saturated rings. The maximum absolute atomic E-state index is 12.7. The summed E-state index contributed by atoms with van der Waals surface area (Å²) in [4.78, 5) is 39.8. The third kappa shape index (κ3) is 4.20. The minimum Gasteiger partial charge on any atom is -0.461 e. The van der Waals surface area contributed by atoms with Crippen molar-refractivity contribution in [2.45, 2.75) is 31.7 Å². The molecule has 3 rings (SSSR count). The summed E-state index contributed by atoms with van der Waals surface area (Å²) in [5.74, 6) is -0.288. The number of β-lactam (4-membered cyclic amide) rings is 1. The minimum absolute atomic E-state index is 0.186. The third-order valence-electron chi connectivity index (χ3n) is 4.27. The van der Waals surface area contributed by atoms with Gasteiger partial charge in [0.1, 0.15) is 17.1 Å². The Labute approximate surface area is 166 Å². The number of amides is 2. The number of fused-ring (bicyclic) bond motifs is 1. The van der Waals surface area contributed by atoms with Crippen LogP contribution in [-0.4, -0.2) is 53.0 Å². The van der Waals surface area contributed by atoms with Crippen molar-refractivity contribution in [3.05, 3.63) is 33.7 Å². The van der Waals surface area contributed by atoms with E-state index in [9.17, 15) is 14.4 Å². The van der Waals surface area contributed by atoms with E-state index in [2.05, 4.69) is 5.32 Å². The van der Waals surface area contributed by atoms with Crippen LogP contribution < -0.4 is 11.1 Å². The summed E-state index contributed by atoms with van der Waals surface area (Å²) in [6, 6.07) is 3.14. The molecule has 7 nitrogen and oxygen atoms in total. The lowest BCUT2D eigenvalue weighted by molar-refractivity contribution is -0.153. The Hall–Kier alpha value is -1.84. The van der Waals surface area contributed by atoms with Crippen LogP contribution in [0, 0.1) is 5.92 Å². The highest BCUT2D eigenvalue weighted by Crippen LogP contribution is 2.40. The van der Waals surface area contributed by atoms with Crippen LogP contribution in [0.3, 0.4) is 0 Å². The number of carbonyl (C=O) groups is 3. The topological polar surface area (TPSA) is 102 Å². The highest BCUT2D eigenvalue weighted by Gasteiger charge is 2.54. The van der Waals surface area contributed by atoms with Crippen molar-refractivity contribution < 1.29 is 19.1 Å². The highest BCUT2D eigenvalue weighted by atomic mass is 32.2. The normalized spacial score (nSPS) is 21.8. The molecule has 2 atom stereocenters. The van der Waals surface area contributed by atoms with Gasteiger partial charge < -0.3 is 15.8 Å². The van der Waals surface area contributed by atoms with E-state index in [0.29, 0.717) is 11.3 Å². The molecule has 146 valence electrons. The fraction of sp³-hybridized carbons (Fsp3) is 0.500. The second kappa shape index (κ2) is 8.45. The summed E-state index contributed by atoms with van der Waals surface area (Å²) >= 11 is 3.00.